The van der Waals surface area contributed by atoms with Gasteiger partial charge in [-0.15, -0.1) is 10.2 Å². The Labute approximate surface area is 166 Å². The van der Waals surface area contributed by atoms with Crippen molar-refractivity contribution >= 4 is 29.1 Å². The van der Waals surface area contributed by atoms with Gasteiger partial charge in [-0.2, -0.15) is 0 Å². The minimum Gasteiger partial charge on any atom is -0.496 e. The number of ether oxygens (including phenoxy) is 1. The molecule has 2 aromatic carbocycles. The van der Waals surface area contributed by atoms with Crippen LogP contribution in [-0.4, -0.2) is 39.4 Å². The maximum atomic E-state index is 12.2. The number of rotatable bonds is 7. The van der Waals surface area contributed by atoms with Gasteiger partial charge in [-0.1, -0.05) is 36.0 Å². The molecular weight excluding hydrogens is 378 g/mol. The summed E-state index contributed by atoms with van der Waals surface area (Å²) >= 11 is 1.16. The van der Waals surface area contributed by atoms with Crippen LogP contribution >= 0.6 is 11.8 Å². The lowest BCUT2D eigenvalue weighted by molar-refractivity contribution is -0.113. The number of carbonyl (C=O) groups is 2. The Morgan fingerprint density at radius 1 is 1.18 bits per heavy atom. The second-order valence-electron chi connectivity index (χ2n) is 5.85. The summed E-state index contributed by atoms with van der Waals surface area (Å²) in [5, 5.41) is 11.3. The van der Waals surface area contributed by atoms with E-state index in [1.165, 1.54) is 11.6 Å². The largest absolute Gasteiger partial charge is 0.496 e. The first kappa shape index (κ1) is 19.4. The number of nitrogens with zero attached hydrogens (tertiary/aromatic N) is 3. The SMILES string of the molecule is COc1ccccc1-c1nnc(SCC(=O)Nc2cccc(C(C)=O)c2)n1N. The number of Topliss-reactive ketones (excluding diaryl/α,β-unsaturated/α-hetero) is 1. The maximum Gasteiger partial charge on any atom is 0.234 e. The molecule has 0 aliphatic carbocycles. The zero-order valence-electron chi connectivity index (χ0n) is 15.4. The Bertz CT molecular complexity index is 1020. The number of hydrogen-bond acceptors (Lipinski definition) is 7. The van der Waals surface area contributed by atoms with E-state index >= 15 is 0 Å². The van der Waals surface area contributed by atoms with Gasteiger partial charge in [-0.05, 0) is 31.2 Å². The van der Waals surface area contributed by atoms with E-state index in [1.54, 1.807) is 37.4 Å². The predicted molar refractivity (Wildman–Crippen MR) is 108 cm³/mol. The second-order valence-corrected chi connectivity index (χ2v) is 6.79. The van der Waals surface area contributed by atoms with E-state index in [0.717, 1.165) is 11.8 Å². The molecular formula is C19H19N5O3S. The number of amides is 1. The van der Waals surface area contributed by atoms with E-state index < -0.39 is 0 Å². The molecule has 0 aliphatic rings. The zero-order chi connectivity index (χ0) is 20.1. The van der Waals surface area contributed by atoms with Crippen LogP contribution in [0.5, 0.6) is 5.75 Å². The van der Waals surface area contributed by atoms with Gasteiger partial charge in [0.15, 0.2) is 11.6 Å². The van der Waals surface area contributed by atoms with Crippen LogP contribution < -0.4 is 15.9 Å². The molecule has 8 nitrogen and oxygen atoms in total. The molecule has 0 saturated carbocycles. The first-order valence-electron chi connectivity index (χ1n) is 8.37. The minimum atomic E-state index is -0.243. The van der Waals surface area contributed by atoms with Crippen molar-refractivity contribution in [3.05, 3.63) is 54.1 Å². The molecule has 0 aliphatic heterocycles. The van der Waals surface area contributed by atoms with Crippen LogP contribution in [0.1, 0.15) is 17.3 Å². The minimum absolute atomic E-state index is 0.0643. The van der Waals surface area contributed by atoms with Crippen molar-refractivity contribution in [3.63, 3.8) is 0 Å². The molecule has 0 spiro atoms. The Kier molecular flexibility index (Phi) is 5.95. The highest BCUT2D eigenvalue weighted by molar-refractivity contribution is 7.99. The number of para-hydroxylation sites is 1. The van der Waals surface area contributed by atoms with Crippen molar-refractivity contribution < 1.29 is 14.3 Å². The molecule has 1 aromatic heterocycles. The fourth-order valence-corrected chi connectivity index (χ4v) is 3.19. The van der Waals surface area contributed by atoms with E-state index in [1.807, 2.05) is 18.2 Å². The van der Waals surface area contributed by atoms with Crippen molar-refractivity contribution in [3.8, 4) is 17.1 Å². The quantitative estimate of drug-likeness (QED) is 0.358. The van der Waals surface area contributed by atoms with Gasteiger partial charge in [-0.3, -0.25) is 9.59 Å². The molecule has 144 valence electrons. The average molecular weight is 397 g/mol. The van der Waals surface area contributed by atoms with Gasteiger partial charge >= 0.3 is 0 Å². The summed E-state index contributed by atoms with van der Waals surface area (Å²) in [6, 6.07) is 14.1. The summed E-state index contributed by atoms with van der Waals surface area (Å²) in [6.07, 6.45) is 0. The first-order chi connectivity index (χ1) is 13.5. The van der Waals surface area contributed by atoms with Gasteiger partial charge in [0.2, 0.25) is 11.1 Å². The van der Waals surface area contributed by atoms with Crippen LogP contribution in [0.25, 0.3) is 11.4 Å². The average Bonchev–Trinajstić information content (AvgIpc) is 3.06. The number of aromatic nitrogens is 3. The van der Waals surface area contributed by atoms with E-state index in [2.05, 4.69) is 15.5 Å². The molecule has 9 heteroatoms. The molecule has 3 N–H and O–H groups in total. The summed E-state index contributed by atoms with van der Waals surface area (Å²) < 4.78 is 6.65. The third-order valence-corrected chi connectivity index (χ3v) is 4.84. The summed E-state index contributed by atoms with van der Waals surface area (Å²) in [4.78, 5) is 23.7. The van der Waals surface area contributed by atoms with Gasteiger partial charge in [0.25, 0.3) is 0 Å². The molecule has 0 unspecified atom stereocenters. The number of thioether (sulfide) groups is 1. The lowest BCUT2D eigenvalue weighted by atomic mass is 10.1. The van der Waals surface area contributed by atoms with Crippen LogP contribution in [0.4, 0.5) is 5.69 Å². The fraction of sp³-hybridized carbons (Fsp3) is 0.158. The van der Waals surface area contributed by atoms with E-state index in [0.29, 0.717) is 33.5 Å². The molecule has 0 bridgehead atoms. The Morgan fingerprint density at radius 3 is 2.71 bits per heavy atom. The van der Waals surface area contributed by atoms with Crippen LogP contribution in [0.3, 0.4) is 0 Å². The van der Waals surface area contributed by atoms with Crippen molar-refractivity contribution in [1.82, 2.24) is 14.9 Å². The highest BCUT2D eigenvalue weighted by Gasteiger charge is 2.16. The number of nitrogens with two attached hydrogens (primary N) is 1. The zero-order valence-corrected chi connectivity index (χ0v) is 16.2. The highest BCUT2D eigenvalue weighted by Crippen LogP contribution is 2.29. The predicted octanol–water partition coefficient (Wildman–Crippen LogP) is 2.60. The first-order valence-corrected chi connectivity index (χ1v) is 9.35. The molecule has 0 fully saturated rings. The van der Waals surface area contributed by atoms with Gasteiger partial charge in [0.05, 0.1) is 18.4 Å². The van der Waals surface area contributed by atoms with Crippen molar-refractivity contribution in [1.29, 1.82) is 0 Å². The Balaban J connectivity index is 1.67. The third kappa shape index (κ3) is 4.32. The summed E-state index contributed by atoms with van der Waals surface area (Å²) in [5.41, 5.74) is 1.80. The number of anilines is 1. The standard InChI is InChI=1S/C19H19N5O3S/c1-12(25)13-6-5-7-14(10-13)21-17(26)11-28-19-23-22-18(24(19)20)15-8-3-4-9-16(15)27-2/h3-10H,11,20H2,1-2H3,(H,21,26). The number of methoxy groups -OCH3 is 1. The van der Waals surface area contributed by atoms with Crippen LogP contribution in [0.15, 0.2) is 53.7 Å². The van der Waals surface area contributed by atoms with Crippen LogP contribution in [0, 0.1) is 0 Å². The molecule has 1 amide bonds. The van der Waals surface area contributed by atoms with Crippen molar-refractivity contribution in [2.75, 3.05) is 24.0 Å². The molecule has 3 rings (SSSR count). The number of carbonyl (C=O) groups excluding carboxylic acids is 2. The smallest absolute Gasteiger partial charge is 0.234 e. The summed E-state index contributed by atoms with van der Waals surface area (Å²) in [6.45, 7) is 1.48. The molecule has 0 saturated heterocycles. The normalized spacial score (nSPS) is 10.5. The number of nitrogen functional groups attached to an aromatic ring is 1. The number of ketones is 1. The van der Waals surface area contributed by atoms with E-state index in [4.69, 9.17) is 10.6 Å². The van der Waals surface area contributed by atoms with Gasteiger partial charge in [-0.25, -0.2) is 4.68 Å². The van der Waals surface area contributed by atoms with Gasteiger partial charge < -0.3 is 15.9 Å². The lowest BCUT2D eigenvalue weighted by Gasteiger charge is -2.08. The molecule has 0 radical (unpaired) electrons. The van der Waals surface area contributed by atoms with Crippen molar-refractivity contribution in [2.45, 2.75) is 12.1 Å². The topological polar surface area (TPSA) is 112 Å². The lowest BCUT2D eigenvalue weighted by Crippen LogP contribution is -2.16. The third-order valence-electron chi connectivity index (χ3n) is 3.90. The molecule has 1 heterocycles. The van der Waals surface area contributed by atoms with Crippen LogP contribution in [-0.2, 0) is 4.79 Å². The molecule has 0 atom stereocenters. The Hall–Kier alpha value is -3.33. The van der Waals surface area contributed by atoms with Gasteiger partial charge in [0, 0.05) is 11.3 Å². The Morgan fingerprint density at radius 2 is 1.96 bits per heavy atom. The monoisotopic (exact) mass is 397 g/mol. The number of benzene rings is 2. The van der Waals surface area contributed by atoms with Crippen LogP contribution in [0.2, 0.25) is 0 Å². The van der Waals surface area contributed by atoms with E-state index in [-0.39, 0.29) is 17.4 Å². The number of hydrogen-bond donors (Lipinski definition) is 2. The number of nitrogens with one attached hydrogen (secondary N) is 1. The van der Waals surface area contributed by atoms with Gasteiger partial charge in [0.1, 0.15) is 5.75 Å². The van der Waals surface area contributed by atoms with E-state index in [9.17, 15) is 9.59 Å². The maximum absolute atomic E-state index is 12.2. The summed E-state index contributed by atoms with van der Waals surface area (Å²) in [5.74, 6) is 6.94. The summed E-state index contributed by atoms with van der Waals surface area (Å²) in [7, 11) is 1.57. The fourth-order valence-electron chi connectivity index (χ4n) is 2.53. The molecule has 3 aromatic rings. The molecule has 28 heavy (non-hydrogen) atoms. The second kappa shape index (κ2) is 8.57. The highest BCUT2D eigenvalue weighted by atomic mass is 32.2. The van der Waals surface area contributed by atoms with Crippen molar-refractivity contribution in [2.24, 2.45) is 0 Å².